The van der Waals surface area contributed by atoms with Gasteiger partial charge in [0.05, 0.1) is 27.8 Å². The molecule has 1 amide bonds. The minimum atomic E-state index is -3.58. The number of sulfonamides is 1. The van der Waals surface area contributed by atoms with Crippen LogP contribution in [0.15, 0.2) is 42.5 Å². The van der Waals surface area contributed by atoms with Crippen LogP contribution in [0.3, 0.4) is 0 Å². The van der Waals surface area contributed by atoms with E-state index in [1.54, 1.807) is 18.2 Å². The fourth-order valence-electron chi connectivity index (χ4n) is 3.67. The van der Waals surface area contributed by atoms with Crippen molar-refractivity contribution in [1.82, 2.24) is 9.62 Å². The SMILES string of the molecule is CC(C)Oc1cccc(CNC(=O)C2CCCN(S(=O)(=O)Cc3ccc(Cl)c(Cl)c3)C2)c1. The lowest BCUT2D eigenvalue weighted by Gasteiger charge is -2.31. The molecule has 6 nitrogen and oxygen atoms in total. The number of ether oxygens (including phenoxy) is 1. The van der Waals surface area contributed by atoms with Crippen LogP contribution in [0.1, 0.15) is 37.8 Å². The molecule has 174 valence electrons. The average Bonchev–Trinajstić information content (AvgIpc) is 2.74. The standard InChI is InChI=1S/C23H28Cl2N2O4S/c1-16(2)31-20-7-3-5-17(11-20)13-26-23(28)19-6-4-10-27(14-19)32(29,30)15-18-8-9-21(24)22(25)12-18/h3,5,7-9,11-12,16,19H,4,6,10,13-15H2,1-2H3,(H,26,28). The van der Waals surface area contributed by atoms with Gasteiger partial charge in [0.15, 0.2) is 0 Å². The molecule has 0 bridgehead atoms. The lowest BCUT2D eigenvalue weighted by Crippen LogP contribution is -2.45. The zero-order chi connectivity index (χ0) is 23.3. The lowest BCUT2D eigenvalue weighted by atomic mass is 9.99. The van der Waals surface area contributed by atoms with Crippen molar-refractivity contribution in [3.05, 3.63) is 63.6 Å². The van der Waals surface area contributed by atoms with Crippen molar-refractivity contribution in [2.75, 3.05) is 13.1 Å². The van der Waals surface area contributed by atoms with Crippen molar-refractivity contribution in [3.8, 4) is 5.75 Å². The molecule has 0 saturated carbocycles. The van der Waals surface area contributed by atoms with E-state index in [0.29, 0.717) is 41.5 Å². The second kappa shape index (κ2) is 10.9. The second-order valence-corrected chi connectivity index (χ2v) is 11.0. The first kappa shape index (κ1) is 24.8. The van der Waals surface area contributed by atoms with Gasteiger partial charge >= 0.3 is 0 Å². The molecule has 0 aromatic heterocycles. The van der Waals surface area contributed by atoms with Crippen LogP contribution >= 0.6 is 23.2 Å². The molecule has 32 heavy (non-hydrogen) atoms. The molecule has 0 radical (unpaired) electrons. The third-order valence-corrected chi connectivity index (χ3v) is 7.77. The number of benzene rings is 2. The Kier molecular flexibility index (Phi) is 8.44. The Labute approximate surface area is 199 Å². The van der Waals surface area contributed by atoms with Crippen molar-refractivity contribution in [1.29, 1.82) is 0 Å². The number of hydrogen-bond donors (Lipinski definition) is 1. The smallest absolute Gasteiger partial charge is 0.224 e. The molecule has 1 aliphatic rings. The van der Waals surface area contributed by atoms with Gasteiger partial charge < -0.3 is 10.1 Å². The number of carbonyl (C=O) groups excluding carboxylic acids is 1. The van der Waals surface area contributed by atoms with E-state index in [4.69, 9.17) is 27.9 Å². The highest BCUT2D eigenvalue weighted by Gasteiger charge is 2.32. The van der Waals surface area contributed by atoms with Crippen LogP contribution < -0.4 is 10.1 Å². The van der Waals surface area contributed by atoms with E-state index in [1.807, 2.05) is 38.1 Å². The highest BCUT2D eigenvalue weighted by molar-refractivity contribution is 7.88. The van der Waals surface area contributed by atoms with Crippen LogP contribution in [0.4, 0.5) is 0 Å². The van der Waals surface area contributed by atoms with Crippen molar-refractivity contribution in [2.24, 2.45) is 5.92 Å². The number of rotatable bonds is 8. The van der Waals surface area contributed by atoms with E-state index in [1.165, 1.54) is 4.31 Å². The van der Waals surface area contributed by atoms with Crippen LogP contribution in [0.25, 0.3) is 0 Å². The fraction of sp³-hybridized carbons (Fsp3) is 0.435. The fourth-order valence-corrected chi connectivity index (χ4v) is 5.59. The summed E-state index contributed by atoms with van der Waals surface area (Å²) in [7, 11) is -3.58. The number of halogens is 2. The van der Waals surface area contributed by atoms with E-state index < -0.39 is 10.0 Å². The predicted octanol–water partition coefficient (Wildman–Crippen LogP) is 4.64. The van der Waals surface area contributed by atoms with Gasteiger partial charge in [-0.1, -0.05) is 41.4 Å². The number of nitrogens with zero attached hydrogens (tertiary/aromatic N) is 1. The number of carbonyl (C=O) groups is 1. The molecule has 1 atom stereocenters. The van der Waals surface area contributed by atoms with Gasteiger partial charge in [0, 0.05) is 19.6 Å². The maximum atomic E-state index is 12.9. The molecule has 1 N–H and O–H groups in total. The van der Waals surface area contributed by atoms with Crippen LogP contribution in [0.2, 0.25) is 10.0 Å². The van der Waals surface area contributed by atoms with Crippen molar-refractivity contribution < 1.29 is 17.9 Å². The highest BCUT2D eigenvalue weighted by atomic mass is 35.5. The van der Waals surface area contributed by atoms with Crippen molar-refractivity contribution in [3.63, 3.8) is 0 Å². The van der Waals surface area contributed by atoms with Crippen LogP contribution in [-0.2, 0) is 27.1 Å². The van der Waals surface area contributed by atoms with Crippen molar-refractivity contribution in [2.45, 2.75) is 45.1 Å². The molecular weight excluding hydrogens is 471 g/mol. The molecule has 1 unspecified atom stereocenters. The maximum absolute atomic E-state index is 12.9. The van der Waals surface area contributed by atoms with Gasteiger partial charge in [-0.2, -0.15) is 0 Å². The number of piperidine rings is 1. The average molecular weight is 499 g/mol. The molecule has 9 heteroatoms. The number of hydrogen-bond acceptors (Lipinski definition) is 4. The van der Waals surface area contributed by atoms with Gasteiger partial charge in [-0.05, 0) is 62.1 Å². The lowest BCUT2D eigenvalue weighted by molar-refractivity contribution is -0.126. The maximum Gasteiger partial charge on any atom is 0.224 e. The van der Waals surface area contributed by atoms with Crippen LogP contribution in [0, 0.1) is 5.92 Å². The first-order valence-corrected chi connectivity index (χ1v) is 13.0. The minimum Gasteiger partial charge on any atom is -0.491 e. The summed E-state index contributed by atoms with van der Waals surface area (Å²) >= 11 is 11.9. The Hall–Kier alpha value is -1.80. The van der Waals surface area contributed by atoms with Gasteiger partial charge in [-0.3, -0.25) is 4.79 Å². The zero-order valence-electron chi connectivity index (χ0n) is 18.2. The molecule has 1 fully saturated rings. The summed E-state index contributed by atoms with van der Waals surface area (Å²) in [5.41, 5.74) is 1.49. The van der Waals surface area contributed by atoms with Gasteiger partial charge in [0.25, 0.3) is 0 Å². The first-order valence-electron chi connectivity index (χ1n) is 10.6. The number of amides is 1. The van der Waals surface area contributed by atoms with Gasteiger partial charge in [-0.15, -0.1) is 0 Å². The second-order valence-electron chi connectivity index (χ2n) is 8.23. The molecule has 3 rings (SSSR count). The van der Waals surface area contributed by atoms with Crippen molar-refractivity contribution >= 4 is 39.1 Å². The van der Waals surface area contributed by atoms with E-state index in [-0.39, 0.29) is 30.2 Å². The van der Waals surface area contributed by atoms with E-state index in [9.17, 15) is 13.2 Å². The van der Waals surface area contributed by atoms with Crippen LogP contribution in [0.5, 0.6) is 5.75 Å². The third-order valence-electron chi connectivity index (χ3n) is 5.22. The summed E-state index contributed by atoms with van der Waals surface area (Å²) in [5, 5.41) is 3.63. The Morgan fingerprint density at radius 3 is 2.66 bits per heavy atom. The summed E-state index contributed by atoms with van der Waals surface area (Å²) in [6, 6.07) is 12.4. The normalized spacial score (nSPS) is 17.3. The first-order chi connectivity index (χ1) is 15.1. The Morgan fingerprint density at radius 2 is 1.94 bits per heavy atom. The van der Waals surface area contributed by atoms with Gasteiger partial charge in [0.1, 0.15) is 5.75 Å². The Morgan fingerprint density at radius 1 is 1.16 bits per heavy atom. The highest BCUT2D eigenvalue weighted by Crippen LogP contribution is 2.26. The summed E-state index contributed by atoms with van der Waals surface area (Å²) in [5.74, 6) is 0.0435. The summed E-state index contributed by atoms with van der Waals surface area (Å²) in [6.45, 7) is 4.85. The summed E-state index contributed by atoms with van der Waals surface area (Å²) in [6.07, 6.45) is 1.36. The molecule has 0 aliphatic carbocycles. The molecule has 1 aliphatic heterocycles. The molecule has 0 spiro atoms. The summed E-state index contributed by atoms with van der Waals surface area (Å²) < 4.78 is 33.0. The monoisotopic (exact) mass is 498 g/mol. The predicted molar refractivity (Wildman–Crippen MR) is 127 cm³/mol. The number of nitrogens with one attached hydrogen (secondary N) is 1. The summed E-state index contributed by atoms with van der Waals surface area (Å²) in [4.78, 5) is 12.8. The zero-order valence-corrected chi connectivity index (χ0v) is 20.5. The largest absolute Gasteiger partial charge is 0.491 e. The molecule has 2 aromatic rings. The molecular formula is C23H28Cl2N2O4S. The minimum absolute atomic E-state index is 0.0684. The van der Waals surface area contributed by atoms with Gasteiger partial charge in [0.2, 0.25) is 15.9 Å². The topological polar surface area (TPSA) is 75.7 Å². The molecule has 1 saturated heterocycles. The van der Waals surface area contributed by atoms with Crippen LogP contribution in [-0.4, -0.2) is 37.8 Å². The third kappa shape index (κ3) is 6.85. The molecule has 1 heterocycles. The van der Waals surface area contributed by atoms with Gasteiger partial charge in [-0.25, -0.2) is 12.7 Å². The molecule has 2 aromatic carbocycles. The van der Waals surface area contributed by atoms with E-state index in [0.717, 1.165) is 11.3 Å². The Balaban J connectivity index is 1.58. The quantitative estimate of drug-likeness (QED) is 0.575. The Bertz CT molecular complexity index is 1060. The van der Waals surface area contributed by atoms with E-state index in [2.05, 4.69) is 5.32 Å². The van der Waals surface area contributed by atoms with E-state index >= 15 is 0 Å².